The van der Waals surface area contributed by atoms with E-state index in [0.717, 1.165) is 9.80 Å². The van der Waals surface area contributed by atoms with E-state index in [1.54, 1.807) is 0 Å². The Kier molecular flexibility index (Phi) is 5.65. The van der Waals surface area contributed by atoms with Crippen molar-refractivity contribution in [3.63, 3.8) is 0 Å². The summed E-state index contributed by atoms with van der Waals surface area (Å²) in [4.78, 5) is 45.1. The predicted molar refractivity (Wildman–Crippen MR) is 54.9 cm³/mol. The molecule has 0 aliphatic carbocycles. The van der Waals surface area contributed by atoms with Gasteiger partial charge >= 0.3 is 11.9 Å². The highest BCUT2D eigenvalue weighted by atomic mass is 16.4. The number of carboxylic acids is 2. The van der Waals surface area contributed by atoms with E-state index < -0.39 is 36.6 Å². The molecule has 2 amide bonds. The molecule has 0 rings (SSSR count). The predicted octanol–water partition coefficient (Wildman–Crippen LogP) is -1.19. The topological polar surface area (TPSA) is 115 Å². The van der Waals surface area contributed by atoms with Crippen molar-refractivity contribution in [2.75, 3.05) is 20.8 Å². The molecule has 8 heteroatoms. The molecule has 8 nitrogen and oxygen atoms in total. The molecule has 2 N–H and O–H groups in total. The van der Waals surface area contributed by atoms with Crippen LogP contribution in [0, 0.1) is 0 Å². The highest BCUT2D eigenvalue weighted by Gasteiger charge is 2.18. The number of carbonyl (C=O) groups is 4. The Morgan fingerprint density at radius 2 is 1.12 bits per heavy atom. The van der Waals surface area contributed by atoms with Gasteiger partial charge in [0, 0.05) is 14.1 Å². The molecule has 0 atom stereocenters. The third-order valence-corrected chi connectivity index (χ3v) is 1.88. The molecule has 0 aromatic rings. The molecule has 17 heavy (non-hydrogen) atoms. The second kappa shape index (κ2) is 6.46. The van der Waals surface area contributed by atoms with Crippen molar-refractivity contribution in [2.24, 2.45) is 0 Å². The Hall–Kier alpha value is -2.12. The molecule has 0 heterocycles. The summed E-state index contributed by atoms with van der Waals surface area (Å²) in [6.45, 7) is -0.155. The van der Waals surface area contributed by atoms with Crippen molar-refractivity contribution in [1.29, 1.82) is 0 Å². The Morgan fingerprint density at radius 3 is 1.35 bits per heavy atom. The SMILES string of the molecule is CN(CN(C)C(=O)CC(=O)O)C(=O)CC(=O)O. The van der Waals surface area contributed by atoms with Gasteiger partial charge in [0.2, 0.25) is 11.8 Å². The molecule has 0 aromatic carbocycles. The maximum atomic E-state index is 11.2. The minimum atomic E-state index is -1.26. The van der Waals surface area contributed by atoms with E-state index in [4.69, 9.17) is 10.2 Å². The van der Waals surface area contributed by atoms with Gasteiger partial charge in [-0.25, -0.2) is 0 Å². The first kappa shape index (κ1) is 14.9. The van der Waals surface area contributed by atoms with Gasteiger partial charge in [0.25, 0.3) is 0 Å². The first-order valence-electron chi connectivity index (χ1n) is 4.65. The highest BCUT2D eigenvalue weighted by molar-refractivity contribution is 5.94. The number of nitrogens with zero attached hydrogens (tertiary/aromatic N) is 2. The van der Waals surface area contributed by atoms with Gasteiger partial charge in [-0.15, -0.1) is 0 Å². The minimum Gasteiger partial charge on any atom is -0.481 e. The smallest absolute Gasteiger partial charge is 0.312 e. The average molecular weight is 246 g/mol. The van der Waals surface area contributed by atoms with Crippen molar-refractivity contribution in [3.05, 3.63) is 0 Å². The fraction of sp³-hybridized carbons (Fsp3) is 0.556. The molecule has 0 saturated heterocycles. The molecule has 0 aromatic heterocycles. The van der Waals surface area contributed by atoms with Crippen molar-refractivity contribution in [1.82, 2.24) is 9.80 Å². The molecule has 96 valence electrons. The average Bonchev–Trinajstić information content (AvgIpc) is 2.15. The summed E-state index contributed by atoms with van der Waals surface area (Å²) in [7, 11) is 2.66. The monoisotopic (exact) mass is 246 g/mol. The molecular weight excluding hydrogens is 232 g/mol. The van der Waals surface area contributed by atoms with Crippen LogP contribution in [0.15, 0.2) is 0 Å². The molecule has 0 bridgehead atoms. The maximum absolute atomic E-state index is 11.2. The van der Waals surface area contributed by atoms with Crippen LogP contribution in [0.2, 0.25) is 0 Å². The third-order valence-electron chi connectivity index (χ3n) is 1.88. The highest BCUT2D eigenvalue weighted by Crippen LogP contribution is 1.96. The molecule has 0 radical (unpaired) electrons. The summed E-state index contributed by atoms with van der Waals surface area (Å²) in [5, 5.41) is 16.8. The zero-order valence-corrected chi connectivity index (χ0v) is 9.54. The van der Waals surface area contributed by atoms with Gasteiger partial charge in [-0.1, -0.05) is 0 Å². The largest absolute Gasteiger partial charge is 0.481 e. The van der Waals surface area contributed by atoms with Gasteiger partial charge in [-0.05, 0) is 0 Å². The second-order valence-electron chi connectivity index (χ2n) is 3.47. The molecular formula is C9H14N2O6. The first-order chi connectivity index (χ1) is 7.73. The lowest BCUT2D eigenvalue weighted by Gasteiger charge is -2.23. The molecule has 0 saturated carbocycles. The van der Waals surface area contributed by atoms with Gasteiger partial charge in [-0.2, -0.15) is 0 Å². The van der Waals surface area contributed by atoms with Crippen LogP contribution in [0.1, 0.15) is 12.8 Å². The summed E-state index contributed by atoms with van der Waals surface area (Å²) in [6.07, 6.45) is -1.34. The zero-order valence-electron chi connectivity index (χ0n) is 9.54. The number of aliphatic carboxylic acids is 2. The lowest BCUT2D eigenvalue weighted by atomic mass is 10.3. The van der Waals surface area contributed by atoms with Gasteiger partial charge in [0.05, 0.1) is 6.67 Å². The Labute approximate surface area is 97.4 Å². The van der Waals surface area contributed by atoms with E-state index in [9.17, 15) is 19.2 Å². The van der Waals surface area contributed by atoms with Crippen LogP contribution in [-0.2, 0) is 19.2 Å². The quantitative estimate of drug-likeness (QED) is 0.449. The zero-order chi connectivity index (χ0) is 13.6. The van der Waals surface area contributed by atoms with Gasteiger partial charge in [0.1, 0.15) is 12.8 Å². The molecule has 0 spiro atoms. The summed E-state index contributed by atoms with van der Waals surface area (Å²) in [5.41, 5.74) is 0. The maximum Gasteiger partial charge on any atom is 0.312 e. The summed E-state index contributed by atoms with van der Waals surface area (Å²) in [5.74, 6) is -3.84. The summed E-state index contributed by atoms with van der Waals surface area (Å²) < 4.78 is 0. The van der Waals surface area contributed by atoms with Crippen LogP contribution in [0.4, 0.5) is 0 Å². The molecule has 0 aliphatic rings. The van der Waals surface area contributed by atoms with Crippen LogP contribution in [-0.4, -0.2) is 64.5 Å². The number of carboxylic acid groups (broad SMARTS) is 2. The number of hydrogen-bond donors (Lipinski definition) is 2. The van der Waals surface area contributed by atoms with Gasteiger partial charge < -0.3 is 20.0 Å². The van der Waals surface area contributed by atoms with Crippen molar-refractivity contribution in [2.45, 2.75) is 12.8 Å². The van der Waals surface area contributed by atoms with E-state index in [-0.39, 0.29) is 6.67 Å². The number of hydrogen-bond acceptors (Lipinski definition) is 4. The Balaban J connectivity index is 4.23. The van der Waals surface area contributed by atoms with E-state index in [1.165, 1.54) is 14.1 Å². The molecule has 0 fully saturated rings. The number of rotatable bonds is 6. The van der Waals surface area contributed by atoms with Crippen molar-refractivity contribution in [3.8, 4) is 0 Å². The Bertz CT molecular complexity index is 308. The molecule has 0 aliphatic heterocycles. The summed E-state index contributed by atoms with van der Waals surface area (Å²) in [6, 6.07) is 0. The lowest BCUT2D eigenvalue weighted by Crippen LogP contribution is -2.41. The van der Waals surface area contributed by atoms with E-state index in [1.807, 2.05) is 0 Å². The number of carbonyl (C=O) groups excluding carboxylic acids is 2. The fourth-order valence-electron chi connectivity index (χ4n) is 1.00. The van der Waals surface area contributed by atoms with Crippen LogP contribution in [0.3, 0.4) is 0 Å². The van der Waals surface area contributed by atoms with Gasteiger partial charge in [-0.3, -0.25) is 19.2 Å². The minimum absolute atomic E-state index is 0.155. The van der Waals surface area contributed by atoms with E-state index in [0.29, 0.717) is 0 Å². The fourth-order valence-corrected chi connectivity index (χ4v) is 1.00. The number of amides is 2. The van der Waals surface area contributed by atoms with E-state index in [2.05, 4.69) is 0 Å². The van der Waals surface area contributed by atoms with Crippen molar-refractivity contribution >= 4 is 23.8 Å². The van der Waals surface area contributed by atoms with Crippen LogP contribution in [0.5, 0.6) is 0 Å². The van der Waals surface area contributed by atoms with Crippen LogP contribution < -0.4 is 0 Å². The molecule has 0 unspecified atom stereocenters. The standard InChI is InChI=1S/C9H14N2O6/c1-10(6(12)3-8(14)15)5-11(2)7(13)4-9(16)17/h3-5H2,1-2H3,(H,14,15)(H,16,17). The Morgan fingerprint density at radius 1 is 0.824 bits per heavy atom. The third kappa shape index (κ3) is 6.13. The van der Waals surface area contributed by atoms with Crippen LogP contribution in [0.25, 0.3) is 0 Å². The normalized spacial score (nSPS) is 9.53. The van der Waals surface area contributed by atoms with Crippen LogP contribution >= 0.6 is 0 Å². The lowest BCUT2D eigenvalue weighted by molar-refractivity contribution is -0.145. The summed E-state index contributed by atoms with van der Waals surface area (Å²) >= 11 is 0. The van der Waals surface area contributed by atoms with E-state index >= 15 is 0 Å². The van der Waals surface area contributed by atoms with Gasteiger partial charge in [0.15, 0.2) is 0 Å². The second-order valence-corrected chi connectivity index (χ2v) is 3.47. The van der Waals surface area contributed by atoms with Crippen molar-refractivity contribution < 1.29 is 29.4 Å². The first-order valence-corrected chi connectivity index (χ1v) is 4.65.